The number of nitrogens with zero attached hydrogens (tertiary/aromatic N) is 1. The Morgan fingerprint density at radius 2 is 1.84 bits per heavy atom. The van der Waals surface area contributed by atoms with E-state index in [2.05, 4.69) is 30.1 Å². The molecule has 0 bridgehead atoms. The highest BCUT2D eigenvalue weighted by Gasteiger charge is 2.14. The Bertz CT molecular complexity index is 383. The fourth-order valence-electron chi connectivity index (χ4n) is 2.45. The molecule has 0 spiro atoms. The summed E-state index contributed by atoms with van der Waals surface area (Å²) in [6.07, 6.45) is -0.432. The smallest absolute Gasteiger partial charge is 0.119 e. The van der Waals surface area contributed by atoms with E-state index in [0.717, 1.165) is 31.9 Å². The number of β-amino-alcohol motifs (C(OH)–C–C–N with tert-alkyl or cyclic N) is 1. The van der Waals surface area contributed by atoms with Gasteiger partial charge in [-0.2, -0.15) is 0 Å². The summed E-state index contributed by atoms with van der Waals surface area (Å²) in [6, 6.07) is 6.12. The van der Waals surface area contributed by atoms with Crippen LogP contribution in [0.4, 0.5) is 0 Å². The third-order valence-corrected chi connectivity index (χ3v) is 3.32. The number of piperazine rings is 1. The van der Waals surface area contributed by atoms with Gasteiger partial charge in [0.2, 0.25) is 0 Å². The largest absolute Gasteiger partial charge is 0.491 e. The molecule has 1 saturated heterocycles. The highest BCUT2D eigenvalue weighted by Crippen LogP contribution is 2.16. The standard InChI is InChI=1S/C15H24N2O2/c1-12-7-13(2)9-15(8-12)19-11-14(18)10-17-5-3-16-4-6-17/h7-9,14,16,18H,3-6,10-11H2,1-2H3. The lowest BCUT2D eigenvalue weighted by Crippen LogP contribution is -2.47. The average molecular weight is 264 g/mol. The van der Waals surface area contributed by atoms with Crippen LogP contribution in [0.5, 0.6) is 5.75 Å². The number of aryl methyl sites for hydroxylation is 2. The van der Waals surface area contributed by atoms with Crippen molar-refractivity contribution in [3.8, 4) is 5.75 Å². The number of aliphatic hydroxyl groups is 1. The van der Waals surface area contributed by atoms with Crippen LogP contribution >= 0.6 is 0 Å². The predicted molar refractivity (Wildman–Crippen MR) is 76.7 cm³/mol. The molecule has 0 amide bonds. The molecular weight excluding hydrogens is 240 g/mol. The van der Waals surface area contributed by atoms with Crippen molar-refractivity contribution < 1.29 is 9.84 Å². The molecule has 1 aliphatic heterocycles. The first kappa shape index (κ1) is 14.3. The van der Waals surface area contributed by atoms with Crippen LogP contribution in [0.25, 0.3) is 0 Å². The maximum Gasteiger partial charge on any atom is 0.119 e. The van der Waals surface area contributed by atoms with Gasteiger partial charge in [0.25, 0.3) is 0 Å². The highest BCUT2D eigenvalue weighted by atomic mass is 16.5. The summed E-state index contributed by atoms with van der Waals surface area (Å²) in [5, 5.41) is 13.3. The Balaban J connectivity index is 1.77. The third-order valence-electron chi connectivity index (χ3n) is 3.32. The van der Waals surface area contributed by atoms with Gasteiger partial charge in [-0.25, -0.2) is 0 Å². The summed E-state index contributed by atoms with van der Waals surface area (Å²) >= 11 is 0. The summed E-state index contributed by atoms with van der Waals surface area (Å²) in [5.74, 6) is 0.844. The molecule has 4 heteroatoms. The molecule has 0 aromatic heterocycles. The Labute approximate surface area is 115 Å². The molecule has 1 aliphatic rings. The van der Waals surface area contributed by atoms with E-state index < -0.39 is 6.10 Å². The fourth-order valence-corrected chi connectivity index (χ4v) is 2.45. The Kier molecular flexibility index (Phi) is 5.19. The third kappa shape index (κ3) is 4.82. The zero-order chi connectivity index (χ0) is 13.7. The lowest BCUT2D eigenvalue weighted by atomic mass is 10.1. The lowest BCUT2D eigenvalue weighted by molar-refractivity contribution is 0.0641. The van der Waals surface area contributed by atoms with Gasteiger partial charge in [0.05, 0.1) is 0 Å². The maximum atomic E-state index is 10.0. The van der Waals surface area contributed by atoms with Crippen LogP contribution in [0.15, 0.2) is 18.2 Å². The van der Waals surface area contributed by atoms with Crippen molar-refractivity contribution in [3.05, 3.63) is 29.3 Å². The van der Waals surface area contributed by atoms with Crippen LogP contribution in [-0.4, -0.2) is 55.4 Å². The van der Waals surface area contributed by atoms with Crippen molar-refractivity contribution in [2.45, 2.75) is 20.0 Å². The second-order valence-electron chi connectivity index (χ2n) is 5.34. The second-order valence-corrected chi connectivity index (χ2v) is 5.34. The number of hydrogen-bond donors (Lipinski definition) is 2. The number of ether oxygens (including phenoxy) is 1. The van der Waals surface area contributed by atoms with Gasteiger partial charge < -0.3 is 15.2 Å². The molecule has 4 nitrogen and oxygen atoms in total. The van der Waals surface area contributed by atoms with Gasteiger partial charge >= 0.3 is 0 Å². The number of aliphatic hydroxyl groups excluding tert-OH is 1. The lowest BCUT2D eigenvalue weighted by Gasteiger charge is -2.29. The summed E-state index contributed by atoms with van der Waals surface area (Å²) in [7, 11) is 0. The van der Waals surface area contributed by atoms with Crippen molar-refractivity contribution in [1.82, 2.24) is 10.2 Å². The van der Waals surface area contributed by atoms with Crippen LogP contribution in [-0.2, 0) is 0 Å². The molecule has 2 N–H and O–H groups in total. The molecule has 1 aromatic carbocycles. The van der Waals surface area contributed by atoms with E-state index in [1.165, 1.54) is 11.1 Å². The van der Waals surface area contributed by atoms with E-state index in [-0.39, 0.29) is 0 Å². The molecule has 2 rings (SSSR count). The van der Waals surface area contributed by atoms with E-state index in [1.54, 1.807) is 0 Å². The molecule has 1 heterocycles. The first-order valence-corrected chi connectivity index (χ1v) is 6.96. The van der Waals surface area contributed by atoms with Crippen molar-refractivity contribution in [2.24, 2.45) is 0 Å². The monoisotopic (exact) mass is 264 g/mol. The number of hydrogen-bond acceptors (Lipinski definition) is 4. The summed E-state index contributed by atoms with van der Waals surface area (Å²) in [4.78, 5) is 2.27. The molecule has 106 valence electrons. The van der Waals surface area contributed by atoms with Crippen molar-refractivity contribution >= 4 is 0 Å². The summed E-state index contributed by atoms with van der Waals surface area (Å²) in [5.41, 5.74) is 2.37. The molecule has 1 atom stereocenters. The van der Waals surface area contributed by atoms with Gasteiger partial charge in [0.15, 0.2) is 0 Å². The first-order valence-electron chi connectivity index (χ1n) is 6.96. The highest BCUT2D eigenvalue weighted by molar-refractivity contribution is 5.32. The van der Waals surface area contributed by atoms with Crippen LogP contribution in [0.1, 0.15) is 11.1 Å². The average Bonchev–Trinajstić information content (AvgIpc) is 2.36. The molecule has 1 unspecified atom stereocenters. The fraction of sp³-hybridized carbons (Fsp3) is 0.600. The predicted octanol–water partition coefficient (Wildman–Crippen LogP) is 0.948. The van der Waals surface area contributed by atoms with Gasteiger partial charge in [-0.05, 0) is 37.1 Å². The molecule has 1 aromatic rings. The minimum Gasteiger partial charge on any atom is -0.491 e. The van der Waals surface area contributed by atoms with Crippen molar-refractivity contribution in [2.75, 3.05) is 39.3 Å². The van der Waals surface area contributed by atoms with Crippen LogP contribution < -0.4 is 10.1 Å². The van der Waals surface area contributed by atoms with Gasteiger partial charge in [-0.15, -0.1) is 0 Å². The zero-order valence-electron chi connectivity index (χ0n) is 11.9. The summed E-state index contributed by atoms with van der Waals surface area (Å²) < 4.78 is 5.68. The maximum absolute atomic E-state index is 10.0. The minimum atomic E-state index is -0.432. The van der Waals surface area contributed by atoms with E-state index >= 15 is 0 Å². The van der Waals surface area contributed by atoms with Crippen LogP contribution in [0.2, 0.25) is 0 Å². The van der Waals surface area contributed by atoms with E-state index in [1.807, 2.05) is 12.1 Å². The Morgan fingerprint density at radius 1 is 1.21 bits per heavy atom. The van der Waals surface area contributed by atoms with Gasteiger partial charge in [-0.3, -0.25) is 4.90 Å². The number of rotatable bonds is 5. The molecule has 1 fully saturated rings. The topological polar surface area (TPSA) is 44.7 Å². The molecular formula is C15H24N2O2. The first-order chi connectivity index (χ1) is 9.13. The molecule has 0 radical (unpaired) electrons. The van der Waals surface area contributed by atoms with Crippen molar-refractivity contribution in [3.63, 3.8) is 0 Å². The molecule has 0 saturated carbocycles. The van der Waals surface area contributed by atoms with Gasteiger partial charge in [0, 0.05) is 32.7 Å². The van der Waals surface area contributed by atoms with Crippen LogP contribution in [0.3, 0.4) is 0 Å². The molecule has 0 aliphatic carbocycles. The van der Waals surface area contributed by atoms with E-state index in [4.69, 9.17) is 4.74 Å². The Hall–Kier alpha value is -1.10. The van der Waals surface area contributed by atoms with Gasteiger partial charge in [0.1, 0.15) is 18.5 Å². The van der Waals surface area contributed by atoms with E-state index in [0.29, 0.717) is 13.2 Å². The second kappa shape index (κ2) is 6.89. The van der Waals surface area contributed by atoms with Crippen molar-refractivity contribution in [1.29, 1.82) is 0 Å². The number of benzene rings is 1. The zero-order valence-corrected chi connectivity index (χ0v) is 11.9. The molecule has 19 heavy (non-hydrogen) atoms. The minimum absolute atomic E-state index is 0.354. The normalized spacial score (nSPS) is 18.3. The Morgan fingerprint density at radius 3 is 2.47 bits per heavy atom. The SMILES string of the molecule is Cc1cc(C)cc(OCC(O)CN2CCNCC2)c1. The summed E-state index contributed by atoms with van der Waals surface area (Å²) in [6.45, 7) is 9.16. The quantitative estimate of drug-likeness (QED) is 0.831. The van der Waals surface area contributed by atoms with Gasteiger partial charge in [-0.1, -0.05) is 6.07 Å². The van der Waals surface area contributed by atoms with Crippen LogP contribution in [0, 0.1) is 13.8 Å². The number of nitrogens with one attached hydrogen (secondary N) is 1. The van der Waals surface area contributed by atoms with E-state index in [9.17, 15) is 5.11 Å².